The van der Waals surface area contributed by atoms with Crippen LogP contribution in [0.5, 0.6) is 11.5 Å². The van der Waals surface area contributed by atoms with Crippen LogP contribution in [0.3, 0.4) is 0 Å². The van der Waals surface area contributed by atoms with Gasteiger partial charge in [0.15, 0.2) is 17.3 Å². The van der Waals surface area contributed by atoms with Crippen molar-refractivity contribution in [1.82, 2.24) is 15.2 Å². The number of rotatable bonds is 5. The third kappa shape index (κ3) is 2.85. The van der Waals surface area contributed by atoms with Crippen molar-refractivity contribution >= 4 is 0 Å². The third-order valence-electron chi connectivity index (χ3n) is 2.74. The van der Waals surface area contributed by atoms with Gasteiger partial charge >= 0.3 is 0 Å². The Morgan fingerprint density at radius 2 is 2.16 bits per heavy atom. The molecule has 0 saturated carbocycles. The van der Waals surface area contributed by atoms with Crippen LogP contribution < -0.4 is 15.2 Å². The summed E-state index contributed by atoms with van der Waals surface area (Å²) in [6, 6.07) is 5.19. The lowest BCUT2D eigenvalue weighted by Gasteiger charge is -2.13. The van der Waals surface area contributed by atoms with Crippen molar-refractivity contribution in [3.63, 3.8) is 0 Å². The third-order valence-corrected chi connectivity index (χ3v) is 2.74. The van der Waals surface area contributed by atoms with E-state index >= 15 is 0 Å². The topological polar surface area (TPSA) is 86.0 Å². The molecular weight excluding hydrogens is 244 g/mol. The van der Waals surface area contributed by atoms with Crippen molar-refractivity contribution in [3.05, 3.63) is 35.4 Å². The molecule has 0 aliphatic rings. The molecule has 0 bridgehead atoms. The van der Waals surface area contributed by atoms with E-state index in [0.717, 1.165) is 11.4 Å². The SMILES string of the molecule is CCOc1cc(C(N)c2n[nH]c(C)n2)ccc1OC. The van der Waals surface area contributed by atoms with Crippen LogP contribution in [0, 0.1) is 6.92 Å². The fraction of sp³-hybridized carbons (Fsp3) is 0.385. The maximum Gasteiger partial charge on any atom is 0.171 e. The van der Waals surface area contributed by atoms with Crippen LogP contribution in [-0.4, -0.2) is 28.9 Å². The molecule has 0 amide bonds. The van der Waals surface area contributed by atoms with Crippen LogP contribution in [0.4, 0.5) is 0 Å². The van der Waals surface area contributed by atoms with Gasteiger partial charge in [-0.15, -0.1) is 0 Å². The number of methoxy groups -OCH3 is 1. The second-order valence-corrected chi connectivity index (χ2v) is 4.10. The number of nitrogens with one attached hydrogen (secondary N) is 1. The number of H-pyrrole nitrogens is 1. The molecule has 6 nitrogen and oxygen atoms in total. The first-order valence-electron chi connectivity index (χ1n) is 6.11. The highest BCUT2D eigenvalue weighted by Gasteiger charge is 2.16. The van der Waals surface area contributed by atoms with E-state index in [1.807, 2.05) is 32.0 Å². The average molecular weight is 262 g/mol. The lowest BCUT2D eigenvalue weighted by molar-refractivity contribution is 0.310. The lowest BCUT2D eigenvalue weighted by Crippen LogP contribution is -2.14. The van der Waals surface area contributed by atoms with E-state index in [1.54, 1.807) is 7.11 Å². The number of hydrogen-bond acceptors (Lipinski definition) is 5. The zero-order chi connectivity index (χ0) is 13.8. The van der Waals surface area contributed by atoms with Crippen LogP contribution in [0.2, 0.25) is 0 Å². The predicted molar refractivity (Wildman–Crippen MR) is 71.3 cm³/mol. The Bertz CT molecular complexity index is 553. The van der Waals surface area contributed by atoms with E-state index in [1.165, 1.54) is 0 Å². The molecule has 0 spiro atoms. The number of hydrogen-bond donors (Lipinski definition) is 2. The van der Waals surface area contributed by atoms with Crippen LogP contribution in [0.25, 0.3) is 0 Å². The first-order valence-corrected chi connectivity index (χ1v) is 6.11. The van der Waals surface area contributed by atoms with E-state index in [-0.39, 0.29) is 0 Å². The van der Waals surface area contributed by atoms with Crippen molar-refractivity contribution in [2.75, 3.05) is 13.7 Å². The van der Waals surface area contributed by atoms with Crippen LogP contribution in [0.15, 0.2) is 18.2 Å². The van der Waals surface area contributed by atoms with E-state index in [4.69, 9.17) is 15.2 Å². The maximum atomic E-state index is 6.14. The zero-order valence-electron chi connectivity index (χ0n) is 11.3. The van der Waals surface area contributed by atoms with Crippen molar-refractivity contribution in [2.45, 2.75) is 19.9 Å². The molecule has 2 rings (SSSR count). The van der Waals surface area contributed by atoms with Gasteiger partial charge < -0.3 is 15.2 Å². The summed E-state index contributed by atoms with van der Waals surface area (Å²) in [5, 5.41) is 6.86. The van der Waals surface area contributed by atoms with E-state index in [0.29, 0.717) is 23.9 Å². The molecule has 1 unspecified atom stereocenters. The minimum absolute atomic E-state index is 0.393. The van der Waals surface area contributed by atoms with Crippen LogP contribution in [-0.2, 0) is 0 Å². The van der Waals surface area contributed by atoms with E-state index in [9.17, 15) is 0 Å². The number of ether oxygens (including phenoxy) is 2. The minimum Gasteiger partial charge on any atom is -0.493 e. The Balaban J connectivity index is 2.31. The lowest BCUT2D eigenvalue weighted by atomic mass is 10.1. The molecule has 3 N–H and O–H groups in total. The van der Waals surface area contributed by atoms with E-state index < -0.39 is 6.04 Å². The first kappa shape index (κ1) is 13.4. The Labute approximate surface area is 111 Å². The summed E-state index contributed by atoms with van der Waals surface area (Å²) in [5.74, 6) is 2.66. The maximum absolute atomic E-state index is 6.14. The monoisotopic (exact) mass is 262 g/mol. The second kappa shape index (κ2) is 5.71. The molecule has 1 heterocycles. The van der Waals surface area contributed by atoms with Crippen molar-refractivity contribution in [3.8, 4) is 11.5 Å². The molecular formula is C13H18N4O2. The highest BCUT2D eigenvalue weighted by Crippen LogP contribution is 2.30. The van der Waals surface area contributed by atoms with Crippen molar-refractivity contribution < 1.29 is 9.47 Å². The summed E-state index contributed by atoms with van der Waals surface area (Å²) in [6.07, 6.45) is 0. The summed E-state index contributed by atoms with van der Waals surface area (Å²) >= 11 is 0. The molecule has 6 heteroatoms. The molecule has 0 aliphatic carbocycles. The number of aromatic nitrogens is 3. The Morgan fingerprint density at radius 3 is 2.74 bits per heavy atom. The smallest absolute Gasteiger partial charge is 0.171 e. The highest BCUT2D eigenvalue weighted by molar-refractivity contribution is 5.44. The van der Waals surface area contributed by atoms with Crippen molar-refractivity contribution in [2.24, 2.45) is 5.73 Å². The van der Waals surface area contributed by atoms with Gasteiger partial charge in [0.2, 0.25) is 0 Å². The normalized spacial score (nSPS) is 12.2. The number of aryl methyl sites for hydroxylation is 1. The van der Waals surface area contributed by atoms with Gasteiger partial charge in [-0.05, 0) is 31.5 Å². The van der Waals surface area contributed by atoms with E-state index in [2.05, 4.69) is 15.2 Å². The molecule has 1 aromatic carbocycles. The Kier molecular flexibility index (Phi) is 4.01. The highest BCUT2D eigenvalue weighted by atomic mass is 16.5. The fourth-order valence-corrected chi connectivity index (χ4v) is 1.80. The average Bonchev–Trinajstić information content (AvgIpc) is 2.85. The van der Waals surface area contributed by atoms with Crippen LogP contribution >= 0.6 is 0 Å². The molecule has 0 aliphatic heterocycles. The van der Waals surface area contributed by atoms with Crippen molar-refractivity contribution in [1.29, 1.82) is 0 Å². The Hall–Kier alpha value is -2.08. The fourth-order valence-electron chi connectivity index (χ4n) is 1.80. The van der Waals surface area contributed by atoms with Gasteiger partial charge in [-0.25, -0.2) is 4.98 Å². The Morgan fingerprint density at radius 1 is 1.37 bits per heavy atom. The molecule has 0 saturated heterocycles. The molecule has 1 atom stereocenters. The minimum atomic E-state index is -0.393. The molecule has 1 aromatic heterocycles. The van der Waals surface area contributed by atoms with Gasteiger partial charge in [-0.2, -0.15) is 5.10 Å². The molecule has 19 heavy (non-hydrogen) atoms. The second-order valence-electron chi connectivity index (χ2n) is 4.10. The number of aromatic amines is 1. The summed E-state index contributed by atoms with van der Waals surface area (Å²) in [6.45, 7) is 4.32. The summed E-state index contributed by atoms with van der Waals surface area (Å²) in [7, 11) is 1.61. The summed E-state index contributed by atoms with van der Waals surface area (Å²) < 4.78 is 10.8. The first-order chi connectivity index (χ1) is 9.15. The number of benzene rings is 1. The van der Waals surface area contributed by atoms with Gasteiger partial charge in [0.25, 0.3) is 0 Å². The van der Waals surface area contributed by atoms with Gasteiger partial charge in [0, 0.05) is 0 Å². The largest absolute Gasteiger partial charge is 0.493 e. The van der Waals surface area contributed by atoms with Gasteiger partial charge in [-0.1, -0.05) is 6.07 Å². The van der Waals surface area contributed by atoms with Gasteiger partial charge in [0.05, 0.1) is 19.8 Å². The summed E-state index contributed by atoms with van der Waals surface area (Å²) in [5.41, 5.74) is 7.02. The van der Waals surface area contributed by atoms with Gasteiger partial charge in [0.1, 0.15) is 5.82 Å². The summed E-state index contributed by atoms with van der Waals surface area (Å²) in [4.78, 5) is 4.24. The van der Waals surface area contributed by atoms with Crippen LogP contribution in [0.1, 0.15) is 30.2 Å². The quantitative estimate of drug-likeness (QED) is 0.854. The standard InChI is InChI=1S/C13H18N4O2/c1-4-19-11-7-9(5-6-10(11)18-3)12(14)13-15-8(2)16-17-13/h5-7,12H,4,14H2,1-3H3,(H,15,16,17). The molecule has 0 radical (unpaired) electrons. The molecule has 2 aromatic rings. The predicted octanol–water partition coefficient (Wildman–Crippen LogP) is 1.57. The number of nitrogens with zero attached hydrogens (tertiary/aromatic N) is 2. The zero-order valence-corrected chi connectivity index (χ0v) is 11.3. The number of nitrogens with two attached hydrogens (primary N) is 1. The molecule has 102 valence electrons. The molecule has 0 fully saturated rings. The van der Waals surface area contributed by atoms with Gasteiger partial charge in [-0.3, -0.25) is 5.10 Å².